The van der Waals surface area contributed by atoms with E-state index in [2.05, 4.69) is 4.98 Å². The number of pyridine rings is 1. The van der Waals surface area contributed by atoms with Crippen LogP contribution < -0.4 is 0 Å². The van der Waals surface area contributed by atoms with Crippen LogP contribution in [-0.2, 0) is 14.8 Å². The fraction of sp³-hybridized carbons (Fsp3) is 0.444. The Balaban J connectivity index is 1.75. The molecule has 0 spiro atoms. The van der Waals surface area contributed by atoms with Gasteiger partial charge in [-0.2, -0.15) is 4.31 Å². The molecule has 0 saturated carbocycles. The minimum atomic E-state index is -3.64. The first kappa shape index (κ1) is 16.5. The van der Waals surface area contributed by atoms with Crippen LogP contribution >= 0.6 is 0 Å². The van der Waals surface area contributed by atoms with Crippen LogP contribution in [-0.4, -0.2) is 53.7 Å². The minimum Gasteiger partial charge on any atom is -0.338 e. The summed E-state index contributed by atoms with van der Waals surface area (Å²) < 4.78 is 28.3. The Morgan fingerprint density at radius 1 is 1.28 bits per heavy atom. The van der Waals surface area contributed by atoms with E-state index in [1.165, 1.54) is 0 Å². The Labute approximate surface area is 147 Å². The molecule has 1 aromatic heterocycles. The van der Waals surface area contributed by atoms with Gasteiger partial charge in [-0.15, -0.1) is 0 Å². The van der Waals surface area contributed by atoms with Crippen molar-refractivity contribution in [1.29, 1.82) is 0 Å². The molecule has 0 aliphatic carbocycles. The summed E-state index contributed by atoms with van der Waals surface area (Å²) in [6, 6.07) is 6.76. The van der Waals surface area contributed by atoms with E-state index in [4.69, 9.17) is 0 Å². The van der Waals surface area contributed by atoms with Crippen molar-refractivity contribution in [3.8, 4) is 0 Å². The van der Waals surface area contributed by atoms with Gasteiger partial charge in [-0.3, -0.25) is 9.78 Å². The van der Waals surface area contributed by atoms with Crippen LogP contribution in [0.5, 0.6) is 0 Å². The van der Waals surface area contributed by atoms with Crippen LogP contribution in [0.3, 0.4) is 0 Å². The fourth-order valence-electron chi connectivity index (χ4n) is 4.43. The molecule has 2 aromatic rings. The van der Waals surface area contributed by atoms with Gasteiger partial charge in [0.1, 0.15) is 0 Å². The van der Waals surface area contributed by atoms with Gasteiger partial charge in [0.05, 0.1) is 10.9 Å². The van der Waals surface area contributed by atoms with Crippen molar-refractivity contribution in [3.63, 3.8) is 0 Å². The lowest BCUT2D eigenvalue weighted by Gasteiger charge is -2.30. The van der Waals surface area contributed by atoms with Gasteiger partial charge in [-0.25, -0.2) is 8.42 Å². The van der Waals surface area contributed by atoms with Crippen LogP contribution in [0.2, 0.25) is 0 Å². The lowest BCUT2D eigenvalue weighted by atomic mass is 10.0. The van der Waals surface area contributed by atoms with Crippen LogP contribution in [0.25, 0.3) is 10.8 Å². The first-order valence-electron chi connectivity index (χ1n) is 8.53. The zero-order chi connectivity index (χ0) is 17.8. The van der Waals surface area contributed by atoms with Crippen molar-refractivity contribution in [3.05, 3.63) is 36.7 Å². The number of sulfonamides is 1. The highest BCUT2D eigenvalue weighted by Crippen LogP contribution is 2.39. The Hall–Kier alpha value is -1.99. The van der Waals surface area contributed by atoms with Gasteiger partial charge in [0, 0.05) is 49.2 Å². The second-order valence-corrected chi connectivity index (χ2v) is 8.78. The first-order valence-corrected chi connectivity index (χ1v) is 9.97. The summed E-state index contributed by atoms with van der Waals surface area (Å²) >= 11 is 0. The molecule has 25 heavy (non-hydrogen) atoms. The number of carbonyl (C=O) groups excluding carboxylic acids is 1. The van der Waals surface area contributed by atoms with Gasteiger partial charge in [-0.1, -0.05) is 12.1 Å². The van der Waals surface area contributed by atoms with Crippen LogP contribution in [0.4, 0.5) is 0 Å². The summed E-state index contributed by atoms with van der Waals surface area (Å²) in [6.07, 6.45) is 4.15. The van der Waals surface area contributed by atoms with E-state index in [1.54, 1.807) is 41.8 Å². The Morgan fingerprint density at radius 3 is 2.84 bits per heavy atom. The Morgan fingerprint density at radius 2 is 2.08 bits per heavy atom. The van der Waals surface area contributed by atoms with Gasteiger partial charge >= 0.3 is 0 Å². The topological polar surface area (TPSA) is 70.6 Å². The van der Waals surface area contributed by atoms with Crippen molar-refractivity contribution in [2.24, 2.45) is 5.92 Å². The minimum absolute atomic E-state index is 0.0230. The number of amides is 1. The third kappa shape index (κ3) is 2.45. The van der Waals surface area contributed by atoms with Gasteiger partial charge in [0.2, 0.25) is 15.9 Å². The number of aromatic nitrogens is 1. The second-order valence-electron chi connectivity index (χ2n) is 6.92. The molecule has 4 rings (SSSR count). The molecule has 2 fully saturated rings. The molecule has 3 atom stereocenters. The van der Waals surface area contributed by atoms with Crippen molar-refractivity contribution in [1.82, 2.24) is 14.2 Å². The average Bonchev–Trinajstić information content (AvgIpc) is 3.15. The Kier molecular flexibility index (Phi) is 3.81. The molecule has 2 aliphatic rings. The molecule has 7 heteroatoms. The third-order valence-corrected chi connectivity index (χ3v) is 7.59. The van der Waals surface area contributed by atoms with E-state index in [-0.39, 0.29) is 23.9 Å². The van der Waals surface area contributed by atoms with E-state index < -0.39 is 10.0 Å². The SMILES string of the molecule is CC(=O)N1CCC2CN(S(=O)(=O)c3cccc4cnccc34)C(C)C21. The monoisotopic (exact) mass is 359 g/mol. The highest BCUT2D eigenvalue weighted by atomic mass is 32.2. The molecule has 0 N–H and O–H groups in total. The van der Waals surface area contributed by atoms with Crippen LogP contribution in [0.1, 0.15) is 20.3 Å². The van der Waals surface area contributed by atoms with Crippen molar-refractivity contribution >= 4 is 26.7 Å². The lowest BCUT2D eigenvalue weighted by Crippen LogP contribution is -2.45. The Bertz CT molecular complexity index is 938. The fourth-order valence-corrected chi connectivity index (χ4v) is 6.35. The number of hydrogen-bond acceptors (Lipinski definition) is 4. The maximum absolute atomic E-state index is 13.4. The number of fused-ring (bicyclic) bond motifs is 2. The number of likely N-dealkylation sites (tertiary alicyclic amines) is 1. The summed E-state index contributed by atoms with van der Waals surface area (Å²) in [5.74, 6) is 0.236. The number of rotatable bonds is 2. The van der Waals surface area contributed by atoms with Crippen LogP contribution in [0, 0.1) is 5.92 Å². The predicted octanol–water partition coefficient (Wildman–Crippen LogP) is 1.86. The zero-order valence-corrected chi connectivity index (χ0v) is 15.1. The average molecular weight is 359 g/mol. The summed E-state index contributed by atoms with van der Waals surface area (Å²) in [6.45, 7) is 4.67. The number of hydrogen-bond donors (Lipinski definition) is 0. The van der Waals surface area contributed by atoms with Crippen molar-refractivity contribution in [2.75, 3.05) is 13.1 Å². The van der Waals surface area contributed by atoms with Gasteiger partial charge in [0.15, 0.2) is 0 Å². The summed E-state index contributed by atoms with van der Waals surface area (Å²) in [5.41, 5.74) is 0. The standard InChI is InChI=1S/C18H21N3O3S/c1-12-18-15(7-9-20(18)13(2)22)11-21(12)25(23,24)17-5-3-4-14-10-19-8-6-16(14)17/h3-6,8,10,12,15,18H,7,9,11H2,1-2H3. The maximum Gasteiger partial charge on any atom is 0.244 e. The van der Waals surface area contributed by atoms with Crippen molar-refractivity contribution < 1.29 is 13.2 Å². The highest BCUT2D eigenvalue weighted by Gasteiger charge is 2.51. The largest absolute Gasteiger partial charge is 0.338 e. The molecule has 1 aromatic carbocycles. The molecule has 3 unspecified atom stereocenters. The molecule has 0 radical (unpaired) electrons. The number of carbonyl (C=O) groups is 1. The molecule has 0 bridgehead atoms. The van der Waals surface area contributed by atoms with E-state index in [0.717, 1.165) is 18.4 Å². The lowest BCUT2D eigenvalue weighted by molar-refractivity contribution is -0.130. The number of benzene rings is 1. The van der Waals surface area contributed by atoms with E-state index in [1.807, 2.05) is 17.9 Å². The summed E-state index contributed by atoms with van der Waals surface area (Å²) in [4.78, 5) is 18.1. The summed E-state index contributed by atoms with van der Waals surface area (Å²) in [5, 5.41) is 1.49. The predicted molar refractivity (Wildman–Crippen MR) is 94.4 cm³/mol. The smallest absolute Gasteiger partial charge is 0.244 e. The molecule has 132 valence electrons. The van der Waals surface area contributed by atoms with E-state index >= 15 is 0 Å². The summed E-state index contributed by atoms with van der Waals surface area (Å²) in [7, 11) is -3.64. The molecular formula is C18H21N3O3S. The third-order valence-electron chi connectivity index (χ3n) is 5.58. The van der Waals surface area contributed by atoms with Gasteiger partial charge in [0.25, 0.3) is 0 Å². The second kappa shape index (κ2) is 5.78. The molecule has 6 nitrogen and oxygen atoms in total. The normalized spacial score (nSPS) is 27.0. The first-order chi connectivity index (χ1) is 11.9. The van der Waals surface area contributed by atoms with E-state index in [9.17, 15) is 13.2 Å². The molecule has 2 aliphatic heterocycles. The maximum atomic E-state index is 13.4. The molecule has 3 heterocycles. The zero-order valence-electron chi connectivity index (χ0n) is 14.3. The number of nitrogens with zero attached hydrogens (tertiary/aromatic N) is 3. The molecule has 2 saturated heterocycles. The molecule has 1 amide bonds. The van der Waals surface area contributed by atoms with E-state index in [0.29, 0.717) is 16.8 Å². The van der Waals surface area contributed by atoms with Crippen LogP contribution in [0.15, 0.2) is 41.6 Å². The van der Waals surface area contributed by atoms with Crippen molar-refractivity contribution in [2.45, 2.75) is 37.2 Å². The van der Waals surface area contributed by atoms with Gasteiger partial charge in [-0.05, 0) is 31.4 Å². The molecular weight excluding hydrogens is 338 g/mol. The quantitative estimate of drug-likeness (QED) is 0.821. The highest BCUT2D eigenvalue weighted by molar-refractivity contribution is 7.89. The van der Waals surface area contributed by atoms with Gasteiger partial charge < -0.3 is 4.90 Å².